The van der Waals surface area contributed by atoms with Crippen molar-refractivity contribution < 1.29 is 9.21 Å². The molecule has 3 aromatic rings. The Morgan fingerprint density at radius 1 is 1.25 bits per heavy atom. The number of carbonyl (C=O) groups excluding carboxylic acids is 1. The van der Waals surface area contributed by atoms with E-state index in [-0.39, 0.29) is 5.91 Å². The van der Waals surface area contributed by atoms with Gasteiger partial charge in [0.2, 0.25) is 0 Å². The van der Waals surface area contributed by atoms with Crippen LogP contribution in [0.15, 0.2) is 79.7 Å². The van der Waals surface area contributed by atoms with Crippen LogP contribution in [0.2, 0.25) is 0 Å². The highest BCUT2D eigenvalue weighted by Gasteiger charge is 2.34. The van der Waals surface area contributed by atoms with Gasteiger partial charge in [-0.3, -0.25) is 14.7 Å². The predicted molar refractivity (Wildman–Crippen MR) is 123 cm³/mol. The van der Waals surface area contributed by atoms with Gasteiger partial charge in [0.15, 0.2) is 8.93 Å². The largest absolute Gasteiger partial charge is 0.450 e. The summed E-state index contributed by atoms with van der Waals surface area (Å²) in [4.78, 5) is 24.1. The van der Waals surface area contributed by atoms with Gasteiger partial charge in [-0.05, 0) is 57.5 Å². The Labute approximate surface area is 188 Å². The van der Waals surface area contributed by atoms with Gasteiger partial charge >= 0.3 is 0 Å². The zero-order valence-corrected chi connectivity index (χ0v) is 18.9. The molecule has 0 spiro atoms. The topological polar surface area (TPSA) is 58.7 Å². The van der Waals surface area contributed by atoms with Crippen molar-refractivity contribution in [3.8, 4) is 0 Å². The number of aromatic nitrogens is 1. The van der Waals surface area contributed by atoms with Gasteiger partial charge in [-0.15, -0.1) is 0 Å². The van der Waals surface area contributed by atoms with Gasteiger partial charge in [0.25, 0.3) is 5.91 Å². The summed E-state index contributed by atoms with van der Waals surface area (Å²) in [6.07, 6.45) is 5.22. The molecule has 1 aromatic carbocycles. The number of carbonyl (C=O) groups is 1. The third-order valence-electron chi connectivity index (χ3n) is 3.87. The molecule has 1 aliphatic rings. The summed E-state index contributed by atoms with van der Waals surface area (Å²) >= 11 is 6.87. The Kier molecular flexibility index (Phi) is 5.98. The van der Waals surface area contributed by atoms with Crippen LogP contribution < -0.4 is 0 Å². The SMILES string of the molecule is O=C1/C(=C/c2cc(Br)c(I)o2)SC(=Nc2ccccc2)N1Cc1cccnc1. The normalized spacial score (nSPS) is 17.1. The lowest BCUT2D eigenvalue weighted by Gasteiger charge is -2.15. The maximum atomic E-state index is 13.1. The lowest BCUT2D eigenvalue weighted by Crippen LogP contribution is -2.28. The molecular formula is C20H13BrIN3O2S. The van der Waals surface area contributed by atoms with Crippen LogP contribution in [0.1, 0.15) is 11.3 Å². The number of benzene rings is 1. The standard InChI is InChI=1S/C20H13BrIN3O2S/c21-16-9-15(27-18(16)22)10-17-19(26)25(12-13-5-4-8-23-11-13)20(28-17)24-14-6-2-1-3-7-14/h1-11H,12H2/b17-10-,24-20?. The highest BCUT2D eigenvalue weighted by molar-refractivity contribution is 14.1. The van der Waals surface area contributed by atoms with Crippen molar-refractivity contribution >= 4 is 73.1 Å². The van der Waals surface area contributed by atoms with Gasteiger partial charge in [-0.25, -0.2) is 4.99 Å². The summed E-state index contributed by atoms with van der Waals surface area (Å²) in [5.74, 6) is 0.514. The van der Waals surface area contributed by atoms with Crippen molar-refractivity contribution in [3.63, 3.8) is 0 Å². The average Bonchev–Trinajstić information content (AvgIpc) is 3.17. The second-order valence-electron chi connectivity index (χ2n) is 5.86. The van der Waals surface area contributed by atoms with Crippen molar-refractivity contribution in [2.45, 2.75) is 6.54 Å². The number of rotatable bonds is 4. The van der Waals surface area contributed by atoms with Crippen LogP contribution in [-0.4, -0.2) is 21.0 Å². The van der Waals surface area contributed by atoms with Crippen LogP contribution in [-0.2, 0) is 11.3 Å². The third kappa shape index (κ3) is 4.39. The fourth-order valence-corrected chi connectivity index (χ4v) is 4.28. The van der Waals surface area contributed by atoms with Gasteiger partial charge in [0.1, 0.15) is 5.76 Å². The Morgan fingerprint density at radius 3 is 2.75 bits per heavy atom. The number of nitrogens with zero attached hydrogens (tertiary/aromatic N) is 3. The number of amidine groups is 1. The number of thioether (sulfide) groups is 1. The highest BCUT2D eigenvalue weighted by Crippen LogP contribution is 2.36. The molecule has 4 rings (SSSR count). The number of para-hydroxylation sites is 1. The quantitative estimate of drug-likeness (QED) is 0.294. The first-order valence-electron chi connectivity index (χ1n) is 8.29. The summed E-state index contributed by atoms with van der Waals surface area (Å²) < 4.78 is 7.26. The molecule has 140 valence electrons. The number of amides is 1. The summed E-state index contributed by atoms with van der Waals surface area (Å²) in [6, 6.07) is 15.2. The number of pyridine rings is 1. The van der Waals surface area contributed by atoms with E-state index < -0.39 is 0 Å². The molecule has 2 aromatic heterocycles. The van der Waals surface area contributed by atoms with E-state index in [9.17, 15) is 4.79 Å². The summed E-state index contributed by atoms with van der Waals surface area (Å²) in [7, 11) is 0. The van der Waals surface area contributed by atoms with Crippen molar-refractivity contribution in [2.24, 2.45) is 4.99 Å². The summed E-state index contributed by atoms with van der Waals surface area (Å²) in [5.41, 5.74) is 1.74. The fourth-order valence-electron chi connectivity index (χ4n) is 2.58. The molecule has 5 nitrogen and oxygen atoms in total. The molecule has 1 amide bonds. The Balaban J connectivity index is 1.70. The smallest absolute Gasteiger partial charge is 0.267 e. The molecule has 0 saturated carbocycles. The molecular weight excluding hydrogens is 553 g/mol. The van der Waals surface area contributed by atoms with Crippen LogP contribution >= 0.6 is 50.3 Å². The maximum absolute atomic E-state index is 13.1. The first-order valence-corrected chi connectivity index (χ1v) is 11.0. The molecule has 0 radical (unpaired) electrons. The van der Waals surface area contributed by atoms with Crippen molar-refractivity contribution in [3.05, 3.63) is 85.4 Å². The van der Waals surface area contributed by atoms with E-state index in [0.717, 1.165) is 19.5 Å². The predicted octanol–water partition coefficient (Wildman–Crippen LogP) is 5.85. The summed E-state index contributed by atoms with van der Waals surface area (Å²) in [5, 5.41) is 0.631. The van der Waals surface area contributed by atoms with Gasteiger partial charge in [-0.2, -0.15) is 0 Å². The van der Waals surface area contributed by atoms with Crippen LogP contribution in [0.25, 0.3) is 6.08 Å². The molecule has 1 saturated heterocycles. The average molecular weight is 566 g/mol. The van der Waals surface area contributed by atoms with Gasteiger partial charge < -0.3 is 4.42 Å². The second kappa shape index (κ2) is 8.62. The monoisotopic (exact) mass is 565 g/mol. The molecule has 8 heteroatoms. The molecule has 1 fully saturated rings. The number of aliphatic imine (C=N–C) groups is 1. The number of hydrogen-bond acceptors (Lipinski definition) is 5. The molecule has 28 heavy (non-hydrogen) atoms. The van der Waals surface area contributed by atoms with E-state index in [2.05, 4.69) is 48.5 Å². The van der Waals surface area contributed by atoms with Gasteiger partial charge in [-0.1, -0.05) is 24.3 Å². The Bertz CT molecular complexity index is 1050. The van der Waals surface area contributed by atoms with E-state index in [1.807, 2.05) is 48.5 Å². The van der Waals surface area contributed by atoms with Crippen LogP contribution in [0, 0.1) is 3.77 Å². The number of halogens is 2. The minimum atomic E-state index is -0.105. The maximum Gasteiger partial charge on any atom is 0.267 e. The minimum absolute atomic E-state index is 0.105. The molecule has 0 aliphatic carbocycles. The lowest BCUT2D eigenvalue weighted by molar-refractivity contribution is -0.122. The van der Waals surface area contributed by atoms with Crippen LogP contribution in [0.5, 0.6) is 0 Å². The van der Waals surface area contributed by atoms with E-state index >= 15 is 0 Å². The first-order chi connectivity index (χ1) is 13.6. The second-order valence-corrected chi connectivity index (χ2v) is 8.71. The molecule has 0 bridgehead atoms. The highest BCUT2D eigenvalue weighted by atomic mass is 127. The van der Waals surface area contributed by atoms with Crippen molar-refractivity contribution in [2.75, 3.05) is 0 Å². The van der Waals surface area contributed by atoms with Crippen molar-refractivity contribution in [1.82, 2.24) is 9.88 Å². The third-order valence-corrected chi connectivity index (χ3v) is 7.01. The molecule has 1 aliphatic heterocycles. The van der Waals surface area contributed by atoms with Crippen LogP contribution in [0.4, 0.5) is 5.69 Å². The molecule has 0 unspecified atom stereocenters. The van der Waals surface area contributed by atoms with Crippen LogP contribution in [0.3, 0.4) is 0 Å². The zero-order chi connectivity index (χ0) is 19.5. The molecule has 0 atom stereocenters. The van der Waals surface area contributed by atoms with Gasteiger partial charge in [0.05, 0.1) is 21.6 Å². The van der Waals surface area contributed by atoms with E-state index in [4.69, 9.17) is 4.42 Å². The first kappa shape index (κ1) is 19.4. The van der Waals surface area contributed by atoms with E-state index in [1.165, 1.54) is 11.8 Å². The van der Waals surface area contributed by atoms with E-state index in [1.54, 1.807) is 23.4 Å². The zero-order valence-electron chi connectivity index (χ0n) is 14.4. The van der Waals surface area contributed by atoms with Crippen molar-refractivity contribution in [1.29, 1.82) is 0 Å². The lowest BCUT2D eigenvalue weighted by atomic mass is 10.2. The molecule has 3 heterocycles. The summed E-state index contributed by atoms with van der Waals surface area (Å²) in [6.45, 7) is 0.405. The Hall–Kier alpha value is -1.91. The Morgan fingerprint density at radius 2 is 2.07 bits per heavy atom. The minimum Gasteiger partial charge on any atom is -0.450 e. The number of furan rings is 1. The number of hydrogen-bond donors (Lipinski definition) is 0. The van der Waals surface area contributed by atoms with Gasteiger partial charge in [0, 0.05) is 41.1 Å². The fraction of sp³-hybridized carbons (Fsp3) is 0.0500. The molecule has 0 N–H and O–H groups in total. The van der Waals surface area contributed by atoms with E-state index in [0.29, 0.717) is 22.4 Å².